The summed E-state index contributed by atoms with van der Waals surface area (Å²) in [6, 6.07) is 7.37. The molecule has 0 radical (unpaired) electrons. The molecule has 12 heavy (non-hydrogen) atoms. The van der Waals surface area contributed by atoms with E-state index in [2.05, 4.69) is 15.6 Å². The average Bonchev–Trinajstić information content (AvgIpc) is 2.16. The van der Waals surface area contributed by atoms with Gasteiger partial charge in [-0.25, -0.2) is 0 Å². The number of nitrogens with two attached hydrogens (primary N) is 1. The Labute approximate surface area is 79.1 Å². The quantitative estimate of drug-likeness (QED) is 0.588. The molecule has 0 aliphatic heterocycles. The Hall–Kier alpha value is -0.761. The van der Waals surface area contributed by atoms with Crippen LogP contribution in [0.15, 0.2) is 24.3 Å². The maximum atomic E-state index is 11.2. The Morgan fingerprint density at radius 1 is 1.50 bits per heavy atom. The zero-order chi connectivity index (χ0) is 8.97. The van der Waals surface area contributed by atoms with E-state index in [1.807, 2.05) is 18.2 Å². The van der Waals surface area contributed by atoms with Gasteiger partial charge in [0.1, 0.15) is 0 Å². The van der Waals surface area contributed by atoms with Crippen molar-refractivity contribution < 1.29 is 4.79 Å². The summed E-state index contributed by atoms with van der Waals surface area (Å²) in [6.45, 7) is 0.0604. The third kappa shape index (κ3) is 1.89. The summed E-state index contributed by atoms with van der Waals surface area (Å²) in [7, 11) is 0. The Kier molecular flexibility index (Phi) is 3.35. The molecule has 0 fully saturated rings. The number of hydrogen-bond donors (Lipinski definition) is 1. The molecule has 62 valence electrons. The molecule has 0 saturated carbocycles. The molecule has 0 aliphatic carbocycles. The van der Waals surface area contributed by atoms with Crippen molar-refractivity contribution in [3.63, 3.8) is 0 Å². The van der Waals surface area contributed by atoms with Crippen LogP contribution in [0.2, 0.25) is 0 Å². The van der Waals surface area contributed by atoms with E-state index in [0.717, 1.165) is 5.56 Å². The van der Waals surface area contributed by atoms with Gasteiger partial charge in [0.2, 0.25) is 0 Å². The first kappa shape index (κ1) is 9.33. The van der Waals surface area contributed by atoms with Crippen molar-refractivity contribution >= 4 is 26.3 Å². The van der Waals surface area contributed by atoms with Gasteiger partial charge in [0.25, 0.3) is 0 Å². The number of ketones is 1. The fourth-order valence-electron chi connectivity index (χ4n) is 0.964. The standard InChI is InChI=1S/C9H9NOSe/c10-5-9(11)8-4-2-1-3-7(8)6-12/h1-4,6H,5,10H2. The van der Waals surface area contributed by atoms with Gasteiger partial charge in [-0.3, -0.25) is 0 Å². The summed E-state index contributed by atoms with van der Waals surface area (Å²) in [5, 5.41) is 0. The first-order valence-electron chi connectivity index (χ1n) is 3.57. The van der Waals surface area contributed by atoms with Crippen molar-refractivity contribution in [2.75, 3.05) is 6.54 Å². The molecular formula is C9H9NOSe. The summed E-state index contributed by atoms with van der Waals surface area (Å²) >= 11 is 2.76. The Bertz CT molecular complexity index is 309. The van der Waals surface area contributed by atoms with E-state index in [4.69, 9.17) is 5.73 Å². The first-order chi connectivity index (χ1) is 5.79. The summed E-state index contributed by atoms with van der Waals surface area (Å²) in [6.07, 6.45) is 0. The van der Waals surface area contributed by atoms with Crippen LogP contribution in [0.5, 0.6) is 0 Å². The van der Waals surface area contributed by atoms with Crippen LogP contribution in [0, 0.1) is 0 Å². The molecular weight excluding hydrogens is 217 g/mol. The van der Waals surface area contributed by atoms with Crippen LogP contribution in [0.1, 0.15) is 15.9 Å². The van der Waals surface area contributed by atoms with Crippen LogP contribution in [-0.4, -0.2) is 32.8 Å². The minimum absolute atomic E-state index is 0.0305. The second kappa shape index (κ2) is 4.31. The zero-order valence-electron chi connectivity index (χ0n) is 6.49. The monoisotopic (exact) mass is 227 g/mol. The number of carbonyl (C=O) groups is 1. The molecule has 0 unspecified atom stereocenters. The number of benzene rings is 1. The Morgan fingerprint density at radius 2 is 2.17 bits per heavy atom. The van der Waals surface area contributed by atoms with Crippen molar-refractivity contribution in [3.05, 3.63) is 35.4 Å². The Morgan fingerprint density at radius 3 is 2.75 bits per heavy atom. The SMILES string of the molecule is NCC(=O)c1ccccc1C=[Se]. The Balaban J connectivity index is 3.13. The molecule has 0 saturated heterocycles. The van der Waals surface area contributed by atoms with Gasteiger partial charge in [-0.15, -0.1) is 0 Å². The molecule has 0 spiro atoms. The summed E-state index contributed by atoms with van der Waals surface area (Å²) in [4.78, 5) is 13.0. The van der Waals surface area contributed by atoms with Gasteiger partial charge < -0.3 is 0 Å². The average molecular weight is 226 g/mol. The topological polar surface area (TPSA) is 43.1 Å². The fourth-order valence-corrected chi connectivity index (χ4v) is 1.39. The van der Waals surface area contributed by atoms with Gasteiger partial charge in [-0.2, -0.15) is 0 Å². The molecule has 3 heteroatoms. The molecule has 1 rings (SSSR count). The van der Waals surface area contributed by atoms with Gasteiger partial charge in [-0.05, 0) is 0 Å². The third-order valence-corrected chi connectivity index (χ3v) is 2.11. The number of carbonyl (C=O) groups excluding carboxylic acids is 1. The van der Waals surface area contributed by atoms with E-state index in [9.17, 15) is 4.79 Å². The van der Waals surface area contributed by atoms with E-state index in [1.165, 1.54) is 0 Å². The van der Waals surface area contributed by atoms with Crippen molar-refractivity contribution in [3.8, 4) is 0 Å². The van der Waals surface area contributed by atoms with E-state index in [1.54, 1.807) is 11.0 Å². The molecule has 2 N–H and O–H groups in total. The van der Waals surface area contributed by atoms with Crippen molar-refractivity contribution in [1.29, 1.82) is 0 Å². The van der Waals surface area contributed by atoms with Crippen LogP contribution in [-0.2, 0) is 0 Å². The zero-order valence-corrected chi connectivity index (χ0v) is 8.20. The molecule has 0 aliphatic rings. The van der Waals surface area contributed by atoms with Crippen LogP contribution in [0.3, 0.4) is 0 Å². The molecule has 0 atom stereocenters. The summed E-state index contributed by atoms with van der Waals surface area (Å²) < 4.78 is 0. The van der Waals surface area contributed by atoms with Crippen LogP contribution >= 0.6 is 0 Å². The fraction of sp³-hybridized carbons (Fsp3) is 0.111. The van der Waals surface area contributed by atoms with E-state index in [0.29, 0.717) is 5.56 Å². The predicted octanol–water partition coefficient (Wildman–Crippen LogP) is 0.147. The number of rotatable bonds is 3. The number of hydrogen-bond acceptors (Lipinski definition) is 2. The van der Waals surface area contributed by atoms with Gasteiger partial charge >= 0.3 is 78.7 Å². The minimum atomic E-state index is -0.0305. The van der Waals surface area contributed by atoms with E-state index in [-0.39, 0.29) is 12.3 Å². The van der Waals surface area contributed by atoms with Gasteiger partial charge in [-0.1, -0.05) is 0 Å². The third-order valence-electron chi connectivity index (χ3n) is 1.57. The predicted molar refractivity (Wildman–Crippen MR) is 50.7 cm³/mol. The molecule has 0 bridgehead atoms. The van der Waals surface area contributed by atoms with Crippen molar-refractivity contribution in [2.24, 2.45) is 5.73 Å². The van der Waals surface area contributed by atoms with Crippen molar-refractivity contribution in [2.45, 2.75) is 0 Å². The van der Waals surface area contributed by atoms with Crippen LogP contribution < -0.4 is 5.73 Å². The summed E-state index contributed by atoms with van der Waals surface area (Å²) in [5.74, 6) is -0.0305. The molecule has 0 aromatic heterocycles. The first-order valence-corrected chi connectivity index (χ1v) is 4.56. The molecule has 0 heterocycles. The number of Topliss-reactive ketones (excluding diaryl/α,β-unsaturated/α-hetero) is 1. The normalized spacial score (nSPS) is 9.42. The van der Waals surface area contributed by atoms with E-state index >= 15 is 0 Å². The second-order valence-corrected chi connectivity index (χ2v) is 2.83. The van der Waals surface area contributed by atoms with Crippen molar-refractivity contribution in [1.82, 2.24) is 0 Å². The molecule has 1 aromatic carbocycles. The van der Waals surface area contributed by atoms with Crippen LogP contribution in [0.25, 0.3) is 0 Å². The van der Waals surface area contributed by atoms with Gasteiger partial charge in [0, 0.05) is 0 Å². The molecule has 1 aromatic rings. The molecule has 0 amide bonds. The second-order valence-electron chi connectivity index (χ2n) is 2.33. The van der Waals surface area contributed by atoms with Crippen LogP contribution in [0.4, 0.5) is 0 Å². The maximum absolute atomic E-state index is 11.2. The van der Waals surface area contributed by atoms with Gasteiger partial charge in [0.15, 0.2) is 0 Å². The molecule has 2 nitrogen and oxygen atoms in total. The van der Waals surface area contributed by atoms with Gasteiger partial charge in [0.05, 0.1) is 0 Å². The van der Waals surface area contributed by atoms with E-state index < -0.39 is 0 Å². The summed E-state index contributed by atoms with van der Waals surface area (Å²) in [5.41, 5.74) is 6.83.